The molecular weight excluding hydrogens is 286 g/mol. The van der Waals surface area contributed by atoms with E-state index < -0.39 is 0 Å². The van der Waals surface area contributed by atoms with E-state index >= 15 is 0 Å². The lowest BCUT2D eigenvalue weighted by Crippen LogP contribution is -2.29. The second-order valence-electron chi connectivity index (χ2n) is 4.58. The van der Waals surface area contributed by atoms with E-state index in [1.54, 1.807) is 31.2 Å². The zero-order valence-corrected chi connectivity index (χ0v) is 12.6. The Hall–Kier alpha value is -2.83. The highest BCUT2D eigenvalue weighted by Crippen LogP contribution is 2.28. The Morgan fingerprint density at radius 2 is 2.00 bits per heavy atom. The summed E-state index contributed by atoms with van der Waals surface area (Å²) < 4.78 is 11.4. The quantitative estimate of drug-likeness (QED) is 0.897. The van der Waals surface area contributed by atoms with E-state index in [9.17, 15) is 9.59 Å². The summed E-state index contributed by atoms with van der Waals surface area (Å²) in [5.74, 6) is 0.701. The molecule has 0 unspecified atom stereocenters. The number of rotatable bonds is 5. The Balaban J connectivity index is 2.18. The largest absolute Gasteiger partial charge is 0.497 e. The van der Waals surface area contributed by atoms with Crippen LogP contribution in [0, 0.1) is 6.92 Å². The van der Waals surface area contributed by atoms with E-state index in [4.69, 9.17) is 9.47 Å². The first-order chi connectivity index (χ1) is 10.5. The van der Waals surface area contributed by atoms with Crippen molar-refractivity contribution in [2.45, 2.75) is 13.5 Å². The number of hydrogen-bond acceptors (Lipinski definition) is 5. The Morgan fingerprint density at radius 3 is 2.68 bits per heavy atom. The lowest BCUT2D eigenvalue weighted by atomic mass is 10.2. The first-order valence-corrected chi connectivity index (χ1v) is 6.60. The smallest absolute Gasteiger partial charge is 0.267 e. The van der Waals surface area contributed by atoms with Gasteiger partial charge in [0.15, 0.2) is 0 Å². The molecule has 0 atom stereocenters. The van der Waals surface area contributed by atoms with E-state index in [2.05, 4.69) is 10.4 Å². The molecule has 22 heavy (non-hydrogen) atoms. The van der Waals surface area contributed by atoms with Crippen LogP contribution in [0.25, 0.3) is 0 Å². The fraction of sp³-hybridized carbons (Fsp3) is 0.267. The van der Waals surface area contributed by atoms with Crippen molar-refractivity contribution in [3.63, 3.8) is 0 Å². The number of ether oxygens (including phenoxy) is 2. The van der Waals surface area contributed by atoms with Gasteiger partial charge in [-0.3, -0.25) is 9.59 Å². The number of carbonyl (C=O) groups is 1. The van der Waals surface area contributed by atoms with Crippen LogP contribution < -0.4 is 20.3 Å². The lowest BCUT2D eigenvalue weighted by Gasteiger charge is -2.12. The Morgan fingerprint density at radius 1 is 1.23 bits per heavy atom. The molecule has 7 nitrogen and oxygen atoms in total. The molecule has 0 spiro atoms. The van der Waals surface area contributed by atoms with Crippen LogP contribution in [-0.4, -0.2) is 29.9 Å². The third kappa shape index (κ3) is 3.63. The molecule has 1 aromatic carbocycles. The summed E-state index contributed by atoms with van der Waals surface area (Å²) in [6, 6.07) is 8.03. The second-order valence-corrected chi connectivity index (χ2v) is 4.58. The topological polar surface area (TPSA) is 82.4 Å². The number of anilines is 1. The van der Waals surface area contributed by atoms with Crippen molar-refractivity contribution in [3.8, 4) is 11.5 Å². The van der Waals surface area contributed by atoms with Crippen LogP contribution in [0.2, 0.25) is 0 Å². The Bertz CT molecular complexity index is 740. The molecule has 0 aliphatic carbocycles. The van der Waals surface area contributed by atoms with Crippen LogP contribution in [0.4, 0.5) is 5.69 Å². The molecule has 2 aromatic rings. The lowest BCUT2D eigenvalue weighted by molar-refractivity contribution is -0.117. The van der Waals surface area contributed by atoms with E-state index in [1.807, 2.05) is 0 Å². The summed E-state index contributed by atoms with van der Waals surface area (Å²) in [5.41, 5.74) is 0.789. The first kappa shape index (κ1) is 15.6. The van der Waals surface area contributed by atoms with Gasteiger partial charge in [-0.2, -0.15) is 5.10 Å². The van der Waals surface area contributed by atoms with Gasteiger partial charge in [0.05, 0.1) is 25.6 Å². The molecule has 7 heteroatoms. The standard InChI is InChI=1S/C15H17N3O4/c1-10-4-7-15(20)18(17-10)9-14(19)16-12-8-11(21-2)5-6-13(12)22-3/h4-8H,9H2,1-3H3,(H,16,19). The predicted molar refractivity (Wildman–Crippen MR) is 81.4 cm³/mol. The normalized spacial score (nSPS) is 10.1. The van der Waals surface area contributed by atoms with Crippen molar-refractivity contribution in [2.75, 3.05) is 19.5 Å². The van der Waals surface area contributed by atoms with Crippen molar-refractivity contribution in [1.82, 2.24) is 9.78 Å². The number of aromatic nitrogens is 2. The molecule has 0 aliphatic heterocycles. The number of nitrogens with zero attached hydrogens (tertiary/aromatic N) is 2. The molecular formula is C15H17N3O4. The minimum Gasteiger partial charge on any atom is -0.497 e. The molecule has 116 valence electrons. The Labute approximate surface area is 127 Å². The molecule has 2 rings (SSSR count). The van der Waals surface area contributed by atoms with Gasteiger partial charge in [-0.1, -0.05) is 0 Å². The molecule has 0 fully saturated rings. The van der Waals surface area contributed by atoms with Gasteiger partial charge < -0.3 is 14.8 Å². The Kier molecular flexibility index (Phi) is 4.77. The molecule has 0 saturated carbocycles. The number of aryl methyl sites for hydroxylation is 1. The first-order valence-electron chi connectivity index (χ1n) is 6.60. The fourth-order valence-electron chi connectivity index (χ4n) is 1.90. The van der Waals surface area contributed by atoms with Crippen LogP contribution in [0.3, 0.4) is 0 Å². The zero-order valence-electron chi connectivity index (χ0n) is 12.6. The number of amides is 1. The zero-order chi connectivity index (χ0) is 16.1. The molecule has 1 amide bonds. The van der Waals surface area contributed by atoms with Crippen LogP contribution in [-0.2, 0) is 11.3 Å². The van der Waals surface area contributed by atoms with Crippen LogP contribution in [0.5, 0.6) is 11.5 Å². The van der Waals surface area contributed by atoms with Gasteiger partial charge in [-0.15, -0.1) is 0 Å². The van der Waals surface area contributed by atoms with E-state index in [0.717, 1.165) is 4.68 Å². The minimum atomic E-state index is -0.383. The summed E-state index contributed by atoms with van der Waals surface area (Å²) in [6.07, 6.45) is 0. The van der Waals surface area contributed by atoms with Gasteiger partial charge in [-0.05, 0) is 25.1 Å². The number of hydrogen-bond donors (Lipinski definition) is 1. The SMILES string of the molecule is COc1ccc(OC)c(NC(=O)Cn2nc(C)ccc2=O)c1. The molecule has 1 heterocycles. The number of carbonyl (C=O) groups excluding carboxylic acids is 1. The highest BCUT2D eigenvalue weighted by atomic mass is 16.5. The van der Waals surface area contributed by atoms with Crippen molar-refractivity contribution in [1.29, 1.82) is 0 Å². The summed E-state index contributed by atoms with van der Waals surface area (Å²) in [5, 5.41) is 6.71. The van der Waals surface area contributed by atoms with E-state index in [0.29, 0.717) is 22.9 Å². The van der Waals surface area contributed by atoms with Crippen LogP contribution in [0.15, 0.2) is 35.1 Å². The summed E-state index contributed by atoms with van der Waals surface area (Å²) in [6.45, 7) is 1.57. The maximum absolute atomic E-state index is 12.1. The van der Waals surface area contributed by atoms with Gasteiger partial charge in [0.2, 0.25) is 5.91 Å². The monoisotopic (exact) mass is 303 g/mol. The molecule has 1 N–H and O–H groups in total. The molecule has 0 radical (unpaired) electrons. The predicted octanol–water partition coefficient (Wildman–Crippen LogP) is 1.21. The maximum atomic E-state index is 12.1. The van der Waals surface area contributed by atoms with Crippen molar-refractivity contribution in [2.24, 2.45) is 0 Å². The summed E-state index contributed by atoms with van der Waals surface area (Å²) >= 11 is 0. The van der Waals surface area contributed by atoms with E-state index in [1.165, 1.54) is 20.3 Å². The van der Waals surface area contributed by atoms with Crippen LogP contribution >= 0.6 is 0 Å². The minimum absolute atomic E-state index is 0.180. The molecule has 1 aromatic heterocycles. The van der Waals surface area contributed by atoms with E-state index in [-0.39, 0.29) is 18.0 Å². The maximum Gasteiger partial charge on any atom is 0.267 e. The molecule has 0 saturated heterocycles. The number of benzene rings is 1. The molecule has 0 aliphatic rings. The highest BCUT2D eigenvalue weighted by molar-refractivity contribution is 5.92. The average molecular weight is 303 g/mol. The third-order valence-electron chi connectivity index (χ3n) is 2.97. The van der Waals surface area contributed by atoms with Crippen LogP contribution in [0.1, 0.15) is 5.69 Å². The van der Waals surface area contributed by atoms with Gasteiger partial charge in [0.25, 0.3) is 5.56 Å². The van der Waals surface area contributed by atoms with Gasteiger partial charge in [0.1, 0.15) is 18.0 Å². The second kappa shape index (κ2) is 6.75. The summed E-state index contributed by atoms with van der Waals surface area (Å²) in [4.78, 5) is 23.8. The summed E-state index contributed by atoms with van der Waals surface area (Å²) in [7, 11) is 3.04. The van der Waals surface area contributed by atoms with Gasteiger partial charge >= 0.3 is 0 Å². The van der Waals surface area contributed by atoms with Crippen molar-refractivity contribution < 1.29 is 14.3 Å². The number of nitrogens with one attached hydrogen (secondary N) is 1. The fourth-order valence-corrected chi connectivity index (χ4v) is 1.90. The van der Waals surface area contributed by atoms with Crippen molar-refractivity contribution >= 4 is 11.6 Å². The highest BCUT2D eigenvalue weighted by Gasteiger charge is 2.11. The average Bonchev–Trinajstić information content (AvgIpc) is 2.50. The van der Waals surface area contributed by atoms with Gasteiger partial charge in [0, 0.05) is 12.1 Å². The third-order valence-corrected chi connectivity index (χ3v) is 2.97. The molecule has 0 bridgehead atoms. The van der Waals surface area contributed by atoms with Gasteiger partial charge in [-0.25, -0.2) is 4.68 Å². The van der Waals surface area contributed by atoms with Crippen molar-refractivity contribution in [3.05, 3.63) is 46.4 Å². The number of methoxy groups -OCH3 is 2.